The molecule has 0 aromatic heterocycles. The smallest absolute Gasteiger partial charge is 0.326 e. The van der Waals surface area contributed by atoms with Crippen LogP contribution in [0.5, 0.6) is 0 Å². The first-order valence-electron chi connectivity index (χ1n) is 5.87. The fourth-order valence-corrected chi connectivity index (χ4v) is 2.33. The summed E-state index contributed by atoms with van der Waals surface area (Å²) in [4.78, 5) is 24.3. The third kappa shape index (κ3) is 2.35. The van der Waals surface area contributed by atoms with Crippen molar-refractivity contribution in [1.29, 1.82) is 0 Å². The molecule has 0 radical (unpaired) electrons. The number of nitrogens with zero attached hydrogens (tertiary/aromatic N) is 1. The van der Waals surface area contributed by atoms with Crippen molar-refractivity contribution in [1.82, 2.24) is 4.90 Å². The van der Waals surface area contributed by atoms with Gasteiger partial charge in [0.1, 0.15) is 6.04 Å². The number of aliphatic carboxylic acids is 1. The zero-order valence-electron chi connectivity index (χ0n) is 9.26. The Morgan fingerprint density at radius 2 is 2.06 bits per heavy atom. The van der Waals surface area contributed by atoms with Gasteiger partial charge in [-0.25, -0.2) is 4.79 Å². The quantitative estimate of drug-likeness (QED) is 0.716. The van der Waals surface area contributed by atoms with Crippen molar-refractivity contribution in [2.75, 3.05) is 6.54 Å². The summed E-state index contributed by atoms with van der Waals surface area (Å²) in [6.45, 7) is 0.563. The van der Waals surface area contributed by atoms with Crippen LogP contribution in [0.2, 0.25) is 0 Å². The number of carbonyl (C=O) groups excluding carboxylic acids is 1. The molecule has 0 bridgehead atoms. The second-order valence-corrected chi connectivity index (χ2v) is 4.79. The van der Waals surface area contributed by atoms with Gasteiger partial charge in [0.15, 0.2) is 0 Å². The van der Waals surface area contributed by atoms with Gasteiger partial charge in [-0.15, -0.1) is 0 Å². The van der Waals surface area contributed by atoms with Gasteiger partial charge >= 0.3 is 5.97 Å². The van der Waals surface area contributed by atoms with Crippen molar-refractivity contribution >= 4 is 11.9 Å². The van der Waals surface area contributed by atoms with Gasteiger partial charge in [0.25, 0.3) is 0 Å². The Hall–Kier alpha value is -1.10. The maximum Gasteiger partial charge on any atom is 0.326 e. The summed E-state index contributed by atoms with van der Waals surface area (Å²) in [6, 6.07) is -0.707. The topological polar surface area (TPSA) is 83.6 Å². The molecule has 1 unspecified atom stereocenters. The van der Waals surface area contributed by atoms with Gasteiger partial charge in [0, 0.05) is 19.0 Å². The van der Waals surface area contributed by atoms with E-state index in [1.807, 2.05) is 0 Å². The van der Waals surface area contributed by atoms with E-state index in [0.717, 1.165) is 19.3 Å². The van der Waals surface area contributed by atoms with Gasteiger partial charge in [-0.2, -0.15) is 0 Å². The maximum absolute atomic E-state index is 11.9. The molecule has 2 aliphatic rings. The number of amides is 1. The molecule has 2 rings (SSSR count). The molecule has 0 aromatic rings. The van der Waals surface area contributed by atoms with Crippen molar-refractivity contribution in [2.45, 2.75) is 44.2 Å². The molecule has 90 valence electrons. The van der Waals surface area contributed by atoms with E-state index in [1.165, 1.54) is 4.90 Å². The number of hydrogen-bond donors (Lipinski definition) is 2. The van der Waals surface area contributed by atoms with Crippen LogP contribution < -0.4 is 5.73 Å². The first-order chi connectivity index (χ1) is 7.59. The van der Waals surface area contributed by atoms with Crippen LogP contribution in [0.15, 0.2) is 0 Å². The molecule has 0 spiro atoms. The van der Waals surface area contributed by atoms with E-state index in [4.69, 9.17) is 10.8 Å². The van der Waals surface area contributed by atoms with E-state index in [2.05, 4.69) is 0 Å². The number of carboxylic acids is 1. The van der Waals surface area contributed by atoms with E-state index in [9.17, 15) is 9.59 Å². The monoisotopic (exact) mass is 226 g/mol. The minimum Gasteiger partial charge on any atom is -0.480 e. The van der Waals surface area contributed by atoms with Crippen molar-refractivity contribution in [3.8, 4) is 0 Å². The molecule has 5 heteroatoms. The van der Waals surface area contributed by atoms with Crippen molar-refractivity contribution in [3.63, 3.8) is 0 Å². The molecule has 2 fully saturated rings. The molecular weight excluding hydrogens is 208 g/mol. The molecule has 1 heterocycles. The van der Waals surface area contributed by atoms with Crippen LogP contribution in [-0.2, 0) is 9.59 Å². The molecule has 1 aliphatic heterocycles. The largest absolute Gasteiger partial charge is 0.480 e. The highest BCUT2D eigenvalue weighted by molar-refractivity contribution is 5.84. The fraction of sp³-hybridized carbons (Fsp3) is 0.818. The van der Waals surface area contributed by atoms with Crippen LogP contribution in [0, 0.1) is 5.92 Å². The molecule has 0 aromatic carbocycles. The van der Waals surface area contributed by atoms with E-state index in [-0.39, 0.29) is 11.9 Å². The summed E-state index contributed by atoms with van der Waals surface area (Å²) in [7, 11) is 0. The molecule has 1 saturated carbocycles. The molecule has 1 amide bonds. The van der Waals surface area contributed by atoms with Gasteiger partial charge in [-0.1, -0.05) is 0 Å². The lowest BCUT2D eigenvalue weighted by molar-refractivity contribution is -0.148. The number of nitrogens with two attached hydrogens (primary N) is 1. The molecule has 16 heavy (non-hydrogen) atoms. The summed E-state index contributed by atoms with van der Waals surface area (Å²) < 4.78 is 0. The van der Waals surface area contributed by atoms with E-state index in [0.29, 0.717) is 25.3 Å². The standard InChI is InChI=1S/C11H18N2O3/c12-8(7-3-4-7)6-10(14)13-5-1-2-9(13)11(15)16/h7-9H,1-6,12H2,(H,15,16)/t8?,9-/m0/s1. The number of likely N-dealkylation sites (tertiary alicyclic amines) is 1. The van der Waals surface area contributed by atoms with Crippen LogP contribution in [-0.4, -0.2) is 40.5 Å². The number of carbonyl (C=O) groups is 2. The lowest BCUT2D eigenvalue weighted by Crippen LogP contribution is -2.43. The predicted octanol–water partition coefficient (Wildman–Crippen LogP) is 0.189. The highest BCUT2D eigenvalue weighted by Gasteiger charge is 2.36. The molecule has 3 N–H and O–H groups in total. The van der Waals surface area contributed by atoms with E-state index < -0.39 is 12.0 Å². The van der Waals surface area contributed by atoms with Crippen LogP contribution in [0.3, 0.4) is 0 Å². The molecule has 1 saturated heterocycles. The Balaban J connectivity index is 1.90. The van der Waals surface area contributed by atoms with Crippen molar-refractivity contribution < 1.29 is 14.7 Å². The first-order valence-corrected chi connectivity index (χ1v) is 5.87. The minimum absolute atomic E-state index is 0.0810. The van der Waals surface area contributed by atoms with E-state index >= 15 is 0 Å². The normalized spacial score (nSPS) is 26.8. The van der Waals surface area contributed by atoms with Crippen molar-refractivity contribution in [3.05, 3.63) is 0 Å². The summed E-state index contributed by atoms with van der Waals surface area (Å²) in [5.41, 5.74) is 5.87. The zero-order valence-corrected chi connectivity index (χ0v) is 9.26. The lowest BCUT2D eigenvalue weighted by atomic mass is 10.1. The molecular formula is C11H18N2O3. The SMILES string of the molecule is NC(CC(=O)N1CCC[C@H]1C(=O)O)C1CC1. The molecule has 5 nitrogen and oxygen atoms in total. The Morgan fingerprint density at radius 3 is 2.62 bits per heavy atom. The van der Waals surface area contributed by atoms with Crippen molar-refractivity contribution in [2.24, 2.45) is 11.7 Å². The predicted molar refractivity (Wildman–Crippen MR) is 57.7 cm³/mol. The molecule has 1 aliphatic carbocycles. The maximum atomic E-state index is 11.9. The van der Waals surface area contributed by atoms with Gasteiger partial charge in [0.05, 0.1) is 0 Å². The highest BCUT2D eigenvalue weighted by atomic mass is 16.4. The summed E-state index contributed by atoms with van der Waals surface area (Å²) >= 11 is 0. The Labute approximate surface area is 94.6 Å². The minimum atomic E-state index is -0.897. The van der Waals surface area contributed by atoms with Crippen LogP contribution in [0.4, 0.5) is 0 Å². The third-order valence-electron chi connectivity index (χ3n) is 3.50. The third-order valence-corrected chi connectivity index (χ3v) is 3.50. The average Bonchev–Trinajstić information content (AvgIpc) is 2.94. The van der Waals surface area contributed by atoms with Gasteiger partial charge in [0.2, 0.25) is 5.91 Å². The van der Waals surface area contributed by atoms with Gasteiger partial charge < -0.3 is 15.7 Å². The summed E-state index contributed by atoms with van der Waals surface area (Å²) in [5.74, 6) is -0.509. The second-order valence-electron chi connectivity index (χ2n) is 4.79. The Morgan fingerprint density at radius 1 is 1.38 bits per heavy atom. The Kier molecular flexibility index (Phi) is 3.14. The summed E-state index contributed by atoms with van der Waals surface area (Å²) in [5, 5.41) is 8.96. The average molecular weight is 226 g/mol. The molecule has 2 atom stereocenters. The van der Waals surface area contributed by atoms with Gasteiger partial charge in [-0.3, -0.25) is 4.79 Å². The first kappa shape index (κ1) is 11.4. The zero-order chi connectivity index (χ0) is 11.7. The van der Waals surface area contributed by atoms with Crippen LogP contribution >= 0.6 is 0 Å². The fourth-order valence-electron chi connectivity index (χ4n) is 2.33. The summed E-state index contributed by atoms with van der Waals surface area (Å²) in [6.07, 6.45) is 3.86. The lowest BCUT2D eigenvalue weighted by Gasteiger charge is -2.23. The second kappa shape index (κ2) is 4.41. The number of hydrogen-bond acceptors (Lipinski definition) is 3. The van der Waals surface area contributed by atoms with E-state index in [1.54, 1.807) is 0 Å². The van der Waals surface area contributed by atoms with Crippen LogP contribution in [0.25, 0.3) is 0 Å². The number of carboxylic acid groups (broad SMARTS) is 1. The highest BCUT2D eigenvalue weighted by Crippen LogP contribution is 2.33. The van der Waals surface area contributed by atoms with Crippen LogP contribution in [0.1, 0.15) is 32.1 Å². The number of rotatable bonds is 4. The Bertz CT molecular complexity index is 302. The van der Waals surface area contributed by atoms with Gasteiger partial charge in [-0.05, 0) is 31.6 Å².